The summed E-state index contributed by atoms with van der Waals surface area (Å²) in [6.07, 6.45) is -4.88. The van der Waals surface area contributed by atoms with Crippen molar-refractivity contribution in [3.8, 4) is 0 Å². The van der Waals surface area contributed by atoms with E-state index >= 15 is 0 Å². The van der Waals surface area contributed by atoms with Gasteiger partial charge in [0.05, 0.1) is 11.8 Å². The van der Waals surface area contributed by atoms with Crippen LogP contribution in [0.2, 0.25) is 0 Å². The van der Waals surface area contributed by atoms with Crippen LogP contribution in [0.4, 0.5) is 18.9 Å². The Kier molecular flexibility index (Phi) is 4.43. The van der Waals surface area contributed by atoms with Crippen LogP contribution in [0.25, 0.3) is 0 Å². The number of rotatable bonds is 3. The Morgan fingerprint density at radius 3 is 2.41 bits per heavy atom. The van der Waals surface area contributed by atoms with Crippen LogP contribution < -0.4 is 4.90 Å². The molecule has 0 unspecified atom stereocenters. The fourth-order valence-corrected chi connectivity index (χ4v) is 2.15. The van der Waals surface area contributed by atoms with E-state index in [9.17, 15) is 18.3 Å². The van der Waals surface area contributed by atoms with Gasteiger partial charge >= 0.3 is 6.18 Å². The van der Waals surface area contributed by atoms with Gasteiger partial charge in [-0.05, 0) is 40.5 Å². The second-order valence-corrected chi connectivity index (χ2v) is 4.71. The lowest BCUT2D eigenvalue weighted by molar-refractivity contribution is -0.119. The zero-order valence-electron chi connectivity index (χ0n) is 9.42. The molecule has 0 saturated carbocycles. The maximum atomic E-state index is 12.2. The first kappa shape index (κ1) is 14.3. The fourth-order valence-electron chi connectivity index (χ4n) is 1.45. The summed E-state index contributed by atoms with van der Waals surface area (Å²) in [5.74, 6) is 0. The summed E-state index contributed by atoms with van der Waals surface area (Å²) in [6, 6.07) is 4.78. The number of alkyl halides is 3. The third kappa shape index (κ3) is 4.20. The molecule has 2 nitrogen and oxygen atoms in total. The normalized spacial score (nSPS) is 13.6. The third-order valence-corrected chi connectivity index (χ3v) is 2.92. The van der Waals surface area contributed by atoms with Gasteiger partial charge < -0.3 is 10.0 Å². The summed E-state index contributed by atoms with van der Waals surface area (Å²) < 4.78 is 37.2. The Hall–Kier alpha value is -0.750. The first-order chi connectivity index (χ1) is 7.70. The Morgan fingerprint density at radius 1 is 1.41 bits per heavy atom. The molecule has 0 aliphatic rings. The van der Waals surface area contributed by atoms with Crippen LogP contribution in [0, 0.1) is 0 Å². The van der Waals surface area contributed by atoms with E-state index < -0.39 is 18.8 Å². The van der Waals surface area contributed by atoms with Crippen LogP contribution in [0.5, 0.6) is 0 Å². The van der Waals surface area contributed by atoms with Gasteiger partial charge in [-0.25, -0.2) is 0 Å². The molecule has 0 saturated heterocycles. The van der Waals surface area contributed by atoms with E-state index in [1.165, 1.54) is 7.05 Å². The van der Waals surface area contributed by atoms with Crippen LogP contribution >= 0.6 is 15.9 Å². The van der Waals surface area contributed by atoms with E-state index in [0.29, 0.717) is 15.7 Å². The molecule has 0 spiro atoms. The minimum absolute atomic E-state index is 0.437. The highest BCUT2D eigenvalue weighted by molar-refractivity contribution is 9.10. The van der Waals surface area contributed by atoms with Gasteiger partial charge in [-0.1, -0.05) is 6.07 Å². The summed E-state index contributed by atoms with van der Waals surface area (Å²) in [4.78, 5) is 1.11. The molecule has 1 N–H and O–H groups in total. The molecule has 0 aliphatic heterocycles. The van der Waals surface area contributed by atoms with Gasteiger partial charge in [-0.2, -0.15) is 13.2 Å². The molecular formula is C11H13BrF3NO. The van der Waals surface area contributed by atoms with E-state index in [4.69, 9.17) is 0 Å². The van der Waals surface area contributed by atoms with E-state index in [-0.39, 0.29) is 0 Å². The van der Waals surface area contributed by atoms with Crippen LogP contribution in [0.15, 0.2) is 22.7 Å². The van der Waals surface area contributed by atoms with Crippen LogP contribution in [0.3, 0.4) is 0 Å². The fraction of sp³-hybridized carbons (Fsp3) is 0.455. The summed E-state index contributed by atoms with van der Waals surface area (Å²) >= 11 is 3.20. The van der Waals surface area contributed by atoms with Gasteiger partial charge in [-0.15, -0.1) is 0 Å². The van der Waals surface area contributed by atoms with Gasteiger partial charge in [-0.3, -0.25) is 0 Å². The maximum absolute atomic E-state index is 12.2. The second-order valence-electron chi connectivity index (χ2n) is 3.86. The van der Waals surface area contributed by atoms with Crippen LogP contribution in [0.1, 0.15) is 18.6 Å². The molecule has 0 aromatic heterocycles. The van der Waals surface area contributed by atoms with Crippen molar-refractivity contribution >= 4 is 21.6 Å². The number of nitrogens with zero attached hydrogens (tertiary/aromatic N) is 1. The molecule has 1 aromatic carbocycles. The lowest BCUT2D eigenvalue weighted by Crippen LogP contribution is -2.31. The van der Waals surface area contributed by atoms with Crippen molar-refractivity contribution < 1.29 is 18.3 Å². The van der Waals surface area contributed by atoms with Crippen molar-refractivity contribution in [1.29, 1.82) is 0 Å². The molecular weight excluding hydrogens is 299 g/mol. The first-order valence-corrected chi connectivity index (χ1v) is 5.75. The number of halogens is 4. The van der Waals surface area contributed by atoms with E-state index in [0.717, 1.165) is 4.90 Å². The van der Waals surface area contributed by atoms with Crippen molar-refractivity contribution in [1.82, 2.24) is 0 Å². The van der Waals surface area contributed by atoms with E-state index in [1.807, 2.05) is 0 Å². The first-order valence-electron chi connectivity index (χ1n) is 4.96. The molecule has 6 heteroatoms. The number of aliphatic hydroxyl groups is 1. The number of aliphatic hydroxyl groups excluding tert-OH is 1. The van der Waals surface area contributed by atoms with Crippen LogP contribution in [-0.2, 0) is 0 Å². The summed E-state index contributed by atoms with van der Waals surface area (Å²) in [7, 11) is 1.37. The number of hydrogen-bond acceptors (Lipinski definition) is 2. The van der Waals surface area contributed by atoms with Crippen molar-refractivity contribution in [3.05, 3.63) is 28.2 Å². The maximum Gasteiger partial charge on any atom is 0.405 e. The third-order valence-electron chi connectivity index (χ3n) is 2.28. The summed E-state index contributed by atoms with van der Waals surface area (Å²) in [6.45, 7) is 0.584. The van der Waals surface area contributed by atoms with E-state index in [2.05, 4.69) is 15.9 Å². The predicted octanol–water partition coefficient (Wildman–Crippen LogP) is 3.50. The minimum Gasteiger partial charge on any atom is -0.389 e. The van der Waals surface area contributed by atoms with Gasteiger partial charge in [0.25, 0.3) is 0 Å². The molecule has 0 radical (unpaired) electrons. The monoisotopic (exact) mass is 311 g/mol. The Bertz CT molecular complexity index is 393. The molecule has 0 heterocycles. The van der Waals surface area contributed by atoms with Crippen molar-refractivity contribution in [2.24, 2.45) is 0 Å². The molecule has 0 bridgehead atoms. The Labute approximate surface area is 106 Å². The summed E-state index contributed by atoms with van der Waals surface area (Å²) in [5.41, 5.74) is 1.09. The minimum atomic E-state index is -4.24. The van der Waals surface area contributed by atoms with Gasteiger partial charge in [0.2, 0.25) is 0 Å². The average molecular weight is 312 g/mol. The molecule has 0 amide bonds. The lowest BCUT2D eigenvalue weighted by Gasteiger charge is -2.22. The quantitative estimate of drug-likeness (QED) is 0.923. The van der Waals surface area contributed by atoms with E-state index in [1.54, 1.807) is 25.1 Å². The zero-order valence-corrected chi connectivity index (χ0v) is 11.0. The average Bonchev–Trinajstić information content (AvgIpc) is 2.14. The van der Waals surface area contributed by atoms with Crippen molar-refractivity contribution in [2.75, 3.05) is 18.5 Å². The van der Waals surface area contributed by atoms with Gasteiger partial charge in [0.15, 0.2) is 0 Å². The number of benzene rings is 1. The SMILES string of the molecule is C[C@H](O)c1ccc(N(C)CC(F)(F)F)c(Br)c1. The highest BCUT2D eigenvalue weighted by Gasteiger charge is 2.29. The predicted molar refractivity (Wildman–Crippen MR) is 64.1 cm³/mol. The molecule has 0 fully saturated rings. The topological polar surface area (TPSA) is 23.5 Å². The van der Waals surface area contributed by atoms with Gasteiger partial charge in [0.1, 0.15) is 6.54 Å². The lowest BCUT2D eigenvalue weighted by atomic mass is 10.1. The molecule has 0 aliphatic carbocycles. The molecule has 17 heavy (non-hydrogen) atoms. The van der Waals surface area contributed by atoms with Gasteiger partial charge in [0, 0.05) is 11.5 Å². The Morgan fingerprint density at radius 2 is 2.00 bits per heavy atom. The molecule has 1 aromatic rings. The summed E-state index contributed by atoms with van der Waals surface area (Å²) in [5, 5.41) is 9.35. The van der Waals surface area contributed by atoms with Crippen LogP contribution in [-0.4, -0.2) is 24.9 Å². The smallest absolute Gasteiger partial charge is 0.389 e. The second kappa shape index (κ2) is 5.27. The Balaban J connectivity index is 2.92. The van der Waals surface area contributed by atoms with Crippen molar-refractivity contribution in [2.45, 2.75) is 19.2 Å². The largest absolute Gasteiger partial charge is 0.405 e. The highest BCUT2D eigenvalue weighted by atomic mass is 79.9. The molecule has 1 atom stereocenters. The highest BCUT2D eigenvalue weighted by Crippen LogP contribution is 2.30. The number of anilines is 1. The molecule has 96 valence electrons. The standard InChI is InChI=1S/C11H13BrF3NO/c1-7(17)8-3-4-10(9(12)5-8)16(2)6-11(13,14)15/h3-5,7,17H,6H2,1-2H3/t7-/m0/s1. The zero-order chi connectivity index (χ0) is 13.2. The number of hydrogen-bond donors (Lipinski definition) is 1. The molecule has 1 rings (SSSR count). The van der Waals surface area contributed by atoms with Crippen molar-refractivity contribution in [3.63, 3.8) is 0 Å².